The van der Waals surface area contributed by atoms with E-state index in [9.17, 15) is 4.79 Å². The number of amides is 1. The highest BCUT2D eigenvalue weighted by Gasteiger charge is 2.29. The van der Waals surface area contributed by atoms with Crippen molar-refractivity contribution in [2.24, 2.45) is 5.92 Å². The van der Waals surface area contributed by atoms with Gasteiger partial charge >= 0.3 is 0 Å². The SMILES string of the molecule is N#Cc1cnccc1Nc1ccc(NC(=O)C2CC2)cc1. The molecule has 1 aromatic heterocycles. The van der Waals surface area contributed by atoms with Crippen molar-refractivity contribution < 1.29 is 4.79 Å². The first-order valence-corrected chi connectivity index (χ1v) is 6.78. The van der Waals surface area contributed by atoms with Crippen LogP contribution in [-0.2, 0) is 4.79 Å². The van der Waals surface area contributed by atoms with E-state index in [1.165, 1.54) is 6.20 Å². The summed E-state index contributed by atoms with van der Waals surface area (Å²) in [7, 11) is 0. The molecule has 0 unspecified atom stereocenters. The first kappa shape index (κ1) is 13.1. The van der Waals surface area contributed by atoms with E-state index in [-0.39, 0.29) is 11.8 Å². The fourth-order valence-corrected chi connectivity index (χ4v) is 1.97. The largest absolute Gasteiger partial charge is 0.354 e. The Balaban J connectivity index is 1.69. The molecule has 104 valence electrons. The molecule has 0 spiro atoms. The number of pyridine rings is 1. The second kappa shape index (κ2) is 5.63. The zero-order chi connectivity index (χ0) is 14.7. The number of benzene rings is 1. The zero-order valence-corrected chi connectivity index (χ0v) is 11.3. The van der Waals surface area contributed by atoms with Crippen molar-refractivity contribution in [3.63, 3.8) is 0 Å². The van der Waals surface area contributed by atoms with Crippen LogP contribution in [0.5, 0.6) is 0 Å². The summed E-state index contributed by atoms with van der Waals surface area (Å²) in [6.45, 7) is 0. The average Bonchev–Trinajstić information content (AvgIpc) is 3.34. The molecule has 1 aliphatic rings. The lowest BCUT2D eigenvalue weighted by Gasteiger charge is -2.09. The Labute approximate surface area is 122 Å². The Morgan fingerprint density at radius 3 is 2.57 bits per heavy atom. The lowest BCUT2D eigenvalue weighted by Crippen LogP contribution is -2.13. The minimum Gasteiger partial charge on any atom is -0.354 e. The van der Waals surface area contributed by atoms with Gasteiger partial charge in [0.2, 0.25) is 5.91 Å². The minimum atomic E-state index is 0.0941. The van der Waals surface area contributed by atoms with Gasteiger partial charge < -0.3 is 10.6 Å². The van der Waals surface area contributed by atoms with Crippen LogP contribution in [-0.4, -0.2) is 10.9 Å². The number of nitriles is 1. The molecule has 1 aliphatic carbocycles. The lowest BCUT2D eigenvalue weighted by atomic mass is 10.2. The molecule has 0 bridgehead atoms. The molecule has 5 nitrogen and oxygen atoms in total. The zero-order valence-electron chi connectivity index (χ0n) is 11.3. The molecular formula is C16H14N4O. The van der Waals surface area contributed by atoms with Crippen molar-refractivity contribution >= 4 is 23.0 Å². The van der Waals surface area contributed by atoms with Crippen molar-refractivity contribution in [3.8, 4) is 6.07 Å². The molecule has 1 amide bonds. The van der Waals surface area contributed by atoms with Crippen LogP contribution in [0.4, 0.5) is 17.1 Å². The van der Waals surface area contributed by atoms with Gasteiger partial charge in [0.25, 0.3) is 0 Å². The summed E-state index contributed by atoms with van der Waals surface area (Å²) < 4.78 is 0. The van der Waals surface area contributed by atoms with Crippen LogP contribution in [0.3, 0.4) is 0 Å². The van der Waals surface area contributed by atoms with Crippen LogP contribution in [0.25, 0.3) is 0 Å². The number of nitrogens with one attached hydrogen (secondary N) is 2. The van der Waals surface area contributed by atoms with Gasteiger partial charge in [-0.15, -0.1) is 0 Å². The molecule has 2 aromatic rings. The average molecular weight is 278 g/mol. The number of hydrogen-bond acceptors (Lipinski definition) is 4. The van der Waals surface area contributed by atoms with Gasteiger partial charge in [0, 0.05) is 29.7 Å². The van der Waals surface area contributed by atoms with Gasteiger partial charge in [-0.3, -0.25) is 9.78 Å². The van der Waals surface area contributed by atoms with E-state index in [4.69, 9.17) is 5.26 Å². The first-order valence-electron chi connectivity index (χ1n) is 6.78. The van der Waals surface area contributed by atoms with Crippen LogP contribution in [0.15, 0.2) is 42.7 Å². The number of aromatic nitrogens is 1. The Kier molecular flexibility index (Phi) is 3.52. The highest BCUT2D eigenvalue weighted by molar-refractivity contribution is 5.94. The van der Waals surface area contributed by atoms with E-state index in [0.29, 0.717) is 11.3 Å². The van der Waals surface area contributed by atoms with E-state index < -0.39 is 0 Å². The fourth-order valence-electron chi connectivity index (χ4n) is 1.97. The van der Waals surface area contributed by atoms with Crippen LogP contribution in [0.1, 0.15) is 18.4 Å². The van der Waals surface area contributed by atoms with Crippen molar-refractivity contribution in [1.82, 2.24) is 4.98 Å². The summed E-state index contributed by atoms with van der Waals surface area (Å²) in [5.74, 6) is 0.286. The third-order valence-electron chi connectivity index (χ3n) is 3.32. The van der Waals surface area contributed by atoms with Gasteiger partial charge in [-0.1, -0.05) is 0 Å². The van der Waals surface area contributed by atoms with Crippen LogP contribution < -0.4 is 10.6 Å². The monoisotopic (exact) mass is 278 g/mol. The van der Waals surface area contributed by atoms with Crippen molar-refractivity contribution in [2.45, 2.75) is 12.8 Å². The Morgan fingerprint density at radius 2 is 1.90 bits per heavy atom. The molecular weight excluding hydrogens is 264 g/mol. The van der Waals surface area contributed by atoms with E-state index in [1.807, 2.05) is 24.3 Å². The van der Waals surface area contributed by atoms with Crippen molar-refractivity contribution in [1.29, 1.82) is 5.26 Å². The van der Waals surface area contributed by atoms with Gasteiger partial charge in [0.05, 0.1) is 11.3 Å². The summed E-state index contributed by atoms with van der Waals surface area (Å²) in [6, 6.07) is 11.3. The summed E-state index contributed by atoms with van der Waals surface area (Å²) in [5.41, 5.74) is 2.83. The number of anilines is 3. The number of rotatable bonds is 4. The molecule has 1 saturated carbocycles. The number of hydrogen-bond donors (Lipinski definition) is 2. The number of carbonyl (C=O) groups is 1. The highest BCUT2D eigenvalue weighted by Crippen LogP contribution is 2.30. The predicted octanol–water partition coefficient (Wildman–Crippen LogP) is 3.05. The van der Waals surface area contributed by atoms with Crippen LogP contribution in [0.2, 0.25) is 0 Å². The Hall–Kier alpha value is -2.87. The van der Waals surface area contributed by atoms with Crippen LogP contribution >= 0.6 is 0 Å². The topological polar surface area (TPSA) is 77.8 Å². The van der Waals surface area contributed by atoms with Gasteiger partial charge in [-0.05, 0) is 43.2 Å². The molecule has 3 rings (SSSR count). The van der Waals surface area contributed by atoms with Crippen molar-refractivity contribution in [2.75, 3.05) is 10.6 Å². The highest BCUT2D eigenvalue weighted by atomic mass is 16.2. The lowest BCUT2D eigenvalue weighted by molar-refractivity contribution is -0.117. The maximum atomic E-state index is 11.7. The summed E-state index contributed by atoms with van der Waals surface area (Å²) in [6.07, 6.45) is 5.13. The summed E-state index contributed by atoms with van der Waals surface area (Å²) in [5, 5.41) is 15.1. The van der Waals surface area contributed by atoms with E-state index in [1.54, 1.807) is 12.3 Å². The predicted molar refractivity (Wildman–Crippen MR) is 80.0 cm³/mol. The van der Waals surface area contributed by atoms with Gasteiger partial charge in [-0.2, -0.15) is 5.26 Å². The number of carbonyl (C=O) groups excluding carboxylic acids is 1. The molecule has 1 aromatic carbocycles. The second-order valence-electron chi connectivity index (χ2n) is 5.00. The van der Waals surface area contributed by atoms with E-state index in [0.717, 1.165) is 24.2 Å². The van der Waals surface area contributed by atoms with Gasteiger partial charge in [0.1, 0.15) is 6.07 Å². The molecule has 0 aliphatic heterocycles. The van der Waals surface area contributed by atoms with E-state index in [2.05, 4.69) is 21.7 Å². The second-order valence-corrected chi connectivity index (χ2v) is 5.00. The molecule has 5 heteroatoms. The molecule has 21 heavy (non-hydrogen) atoms. The van der Waals surface area contributed by atoms with E-state index >= 15 is 0 Å². The van der Waals surface area contributed by atoms with Gasteiger partial charge in [-0.25, -0.2) is 0 Å². The maximum absolute atomic E-state index is 11.7. The maximum Gasteiger partial charge on any atom is 0.227 e. The molecule has 0 radical (unpaired) electrons. The standard InChI is InChI=1S/C16H14N4O/c17-9-12-10-18-8-7-15(12)19-13-3-5-14(6-4-13)20-16(21)11-1-2-11/h3-8,10-11H,1-2H2,(H,18,19)(H,20,21). The molecule has 0 atom stereocenters. The third kappa shape index (κ3) is 3.18. The van der Waals surface area contributed by atoms with Gasteiger partial charge in [0.15, 0.2) is 0 Å². The Bertz CT molecular complexity index is 699. The molecule has 1 fully saturated rings. The van der Waals surface area contributed by atoms with Crippen LogP contribution in [0, 0.1) is 17.2 Å². The molecule has 1 heterocycles. The minimum absolute atomic E-state index is 0.0941. The van der Waals surface area contributed by atoms with Crippen molar-refractivity contribution in [3.05, 3.63) is 48.3 Å². The normalized spacial score (nSPS) is 13.3. The summed E-state index contributed by atoms with van der Waals surface area (Å²) >= 11 is 0. The molecule has 2 N–H and O–H groups in total. The summed E-state index contributed by atoms with van der Waals surface area (Å²) in [4.78, 5) is 15.6. The first-order chi connectivity index (χ1) is 10.3. The third-order valence-corrected chi connectivity index (χ3v) is 3.32. The number of nitrogens with zero attached hydrogens (tertiary/aromatic N) is 2. The fraction of sp³-hybridized carbons (Fsp3) is 0.188. The smallest absolute Gasteiger partial charge is 0.227 e. The molecule has 0 saturated heterocycles. The Morgan fingerprint density at radius 1 is 1.19 bits per heavy atom. The quantitative estimate of drug-likeness (QED) is 0.901.